The molecule has 0 aromatic heterocycles. The molecule has 0 saturated heterocycles. The normalized spacial score (nSPS) is 15.6. The van der Waals surface area contributed by atoms with Gasteiger partial charge in [-0.25, -0.2) is 4.79 Å². The van der Waals surface area contributed by atoms with Crippen LogP contribution in [-0.2, 0) is 9.53 Å². The Morgan fingerprint density at radius 3 is 2.55 bits per heavy atom. The van der Waals surface area contributed by atoms with Crippen LogP contribution in [0, 0.1) is 0 Å². The zero-order chi connectivity index (χ0) is 14.4. The average Bonchev–Trinajstić information content (AvgIpc) is 2.47. The van der Waals surface area contributed by atoms with Gasteiger partial charge < -0.3 is 9.64 Å². The molecule has 3 heteroatoms. The smallest absolute Gasteiger partial charge is 0.334 e. The van der Waals surface area contributed by atoms with Crippen LogP contribution in [0.15, 0.2) is 35.9 Å². The summed E-state index contributed by atoms with van der Waals surface area (Å²) < 4.78 is 5.41. The van der Waals surface area contributed by atoms with E-state index in [1.807, 2.05) is 37.2 Å². The van der Waals surface area contributed by atoms with Gasteiger partial charge in [0, 0.05) is 12.1 Å². The summed E-state index contributed by atoms with van der Waals surface area (Å²) in [5, 5.41) is 0. The van der Waals surface area contributed by atoms with Crippen molar-refractivity contribution in [2.45, 2.75) is 25.7 Å². The quantitative estimate of drug-likeness (QED) is 0.772. The number of carbonyl (C=O) groups excluding carboxylic acids is 1. The summed E-state index contributed by atoms with van der Waals surface area (Å²) in [4.78, 5) is 14.3. The van der Waals surface area contributed by atoms with Crippen LogP contribution in [-0.4, -0.2) is 38.1 Å². The van der Waals surface area contributed by atoms with Crippen LogP contribution in [0.25, 0.3) is 5.57 Å². The van der Waals surface area contributed by atoms with Crippen LogP contribution in [0.2, 0.25) is 0 Å². The number of nitrogens with zero attached hydrogens (tertiary/aromatic N) is 1. The highest BCUT2D eigenvalue weighted by Crippen LogP contribution is 2.32. The Bertz CT molecular complexity index is 477. The maximum atomic E-state index is 12.3. The van der Waals surface area contributed by atoms with Crippen molar-refractivity contribution in [3.63, 3.8) is 0 Å². The second-order valence-electron chi connectivity index (χ2n) is 5.47. The molecule has 20 heavy (non-hydrogen) atoms. The Labute approximate surface area is 121 Å². The topological polar surface area (TPSA) is 29.5 Å². The first-order valence-electron chi connectivity index (χ1n) is 7.28. The lowest BCUT2D eigenvalue weighted by Gasteiger charge is -2.20. The monoisotopic (exact) mass is 273 g/mol. The van der Waals surface area contributed by atoms with E-state index in [-0.39, 0.29) is 5.97 Å². The third-order valence-corrected chi connectivity index (χ3v) is 3.61. The molecule has 0 amide bonds. The molecule has 0 saturated carbocycles. The molecule has 0 fully saturated rings. The van der Waals surface area contributed by atoms with E-state index in [0.29, 0.717) is 6.61 Å². The van der Waals surface area contributed by atoms with Crippen molar-refractivity contribution in [2.75, 3.05) is 27.2 Å². The number of esters is 1. The van der Waals surface area contributed by atoms with Gasteiger partial charge >= 0.3 is 5.97 Å². The number of benzene rings is 1. The minimum absolute atomic E-state index is 0.134. The fraction of sp³-hybridized carbons (Fsp3) is 0.471. The third-order valence-electron chi connectivity index (χ3n) is 3.61. The molecule has 0 spiro atoms. The first kappa shape index (κ1) is 14.8. The van der Waals surface area contributed by atoms with Crippen molar-refractivity contribution in [1.29, 1.82) is 0 Å². The predicted octanol–water partition coefficient (Wildman–Crippen LogP) is 3.12. The summed E-state index contributed by atoms with van der Waals surface area (Å²) in [7, 11) is 3.95. The zero-order valence-corrected chi connectivity index (χ0v) is 12.4. The zero-order valence-electron chi connectivity index (χ0n) is 12.4. The Morgan fingerprint density at radius 1 is 1.15 bits per heavy atom. The summed E-state index contributed by atoms with van der Waals surface area (Å²) in [6, 6.07) is 10.2. The summed E-state index contributed by atoms with van der Waals surface area (Å²) in [5.74, 6) is -0.134. The van der Waals surface area contributed by atoms with Crippen LogP contribution >= 0.6 is 0 Å². The van der Waals surface area contributed by atoms with Gasteiger partial charge in [0.1, 0.15) is 6.61 Å². The van der Waals surface area contributed by atoms with Crippen LogP contribution in [0.3, 0.4) is 0 Å². The van der Waals surface area contributed by atoms with Gasteiger partial charge in [0.15, 0.2) is 0 Å². The fourth-order valence-electron chi connectivity index (χ4n) is 2.50. The van der Waals surface area contributed by atoms with Gasteiger partial charge in [-0.2, -0.15) is 0 Å². The highest BCUT2D eigenvalue weighted by Gasteiger charge is 2.21. The summed E-state index contributed by atoms with van der Waals surface area (Å²) >= 11 is 0. The van der Waals surface area contributed by atoms with Crippen molar-refractivity contribution in [1.82, 2.24) is 4.90 Å². The van der Waals surface area contributed by atoms with Gasteiger partial charge in [0.25, 0.3) is 0 Å². The highest BCUT2D eigenvalue weighted by atomic mass is 16.5. The number of ether oxygens (including phenoxy) is 1. The lowest BCUT2D eigenvalue weighted by Crippen LogP contribution is -2.21. The summed E-state index contributed by atoms with van der Waals surface area (Å²) in [5.41, 5.74) is 3.21. The Morgan fingerprint density at radius 2 is 1.85 bits per heavy atom. The lowest BCUT2D eigenvalue weighted by atomic mass is 9.87. The van der Waals surface area contributed by atoms with E-state index in [4.69, 9.17) is 4.74 Å². The number of carbonyl (C=O) groups is 1. The second-order valence-corrected chi connectivity index (χ2v) is 5.47. The molecule has 0 radical (unpaired) electrons. The molecule has 2 rings (SSSR count). The Balaban J connectivity index is 2.12. The number of hydrogen-bond donors (Lipinski definition) is 0. The minimum atomic E-state index is -0.134. The van der Waals surface area contributed by atoms with Gasteiger partial charge in [-0.1, -0.05) is 30.3 Å². The second kappa shape index (κ2) is 7.25. The maximum absolute atomic E-state index is 12.3. The van der Waals surface area contributed by atoms with Crippen LogP contribution in [0.5, 0.6) is 0 Å². The standard InChI is InChI=1S/C17H23NO2/c1-18(2)12-13-20-17(19)16-11-7-6-10-15(16)14-8-4-3-5-9-14/h3-5,8-9H,6-7,10-13H2,1-2H3. The third kappa shape index (κ3) is 3.94. The van der Waals surface area contributed by atoms with Crippen molar-refractivity contribution >= 4 is 11.5 Å². The number of hydrogen-bond acceptors (Lipinski definition) is 3. The first-order valence-corrected chi connectivity index (χ1v) is 7.28. The van der Waals surface area contributed by atoms with E-state index in [1.54, 1.807) is 0 Å². The number of rotatable bonds is 5. The van der Waals surface area contributed by atoms with E-state index >= 15 is 0 Å². The Kier molecular flexibility index (Phi) is 5.36. The van der Waals surface area contributed by atoms with Crippen molar-refractivity contribution in [2.24, 2.45) is 0 Å². The van der Waals surface area contributed by atoms with E-state index in [9.17, 15) is 4.79 Å². The molecule has 1 aliphatic rings. The van der Waals surface area contributed by atoms with E-state index in [1.165, 1.54) is 5.57 Å². The maximum Gasteiger partial charge on any atom is 0.334 e. The van der Waals surface area contributed by atoms with Gasteiger partial charge in [-0.3, -0.25) is 0 Å². The number of allylic oxidation sites excluding steroid dienone is 1. The Hall–Kier alpha value is -1.61. The molecular weight excluding hydrogens is 250 g/mol. The van der Waals surface area contributed by atoms with E-state index in [0.717, 1.165) is 43.4 Å². The van der Waals surface area contributed by atoms with Gasteiger partial charge in [-0.05, 0) is 50.9 Å². The molecule has 0 bridgehead atoms. The molecule has 3 nitrogen and oxygen atoms in total. The summed E-state index contributed by atoms with van der Waals surface area (Å²) in [6.07, 6.45) is 4.04. The van der Waals surface area contributed by atoms with Crippen molar-refractivity contribution in [3.05, 3.63) is 41.5 Å². The largest absolute Gasteiger partial charge is 0.461 e. The SMILES string of the molecule is CN(C)CCOC(=O)C1=C(c2ccccc2)CCCC1. The van der Waals surface area contributed by atoms with Gasteiger partial charge in [0.05, 0.1) is 0 Å². The van der Waals surface area contributed by atoms with Crippen molar-refractivity contribution in [3.8, 4) is 0 Å². The molecule has 0 atom stereocenters. The average molecular weight is 273 g/mol. The van der Waals surface area contributed by atoms with Crippen LogP contribution in [0.1, 0.15) is 31.2 Å². The molecule has 0 aliphatic heterocycles. The molecular formula is C17H23NO2. The predicted molar refractivity (Wildman–Crippen MR) is 81.3 cm³/mol. The molecule has 0 N–H and O–H groups in total. The van der Waals surface area contributed by atoms with Crippen LogP contribution in [0.4, 0.5) is 0 Å². The van der Waals surface area contributed by atoms with Gasteiger partial charge in [0.2, 0.25) is 0 Å². The number of likely N-dealkylation sites (N-methyl/N-ethyl adjacent to an activating group) is 1. The summed E-state index contributed by atoms with van der Waals surface area (Å²) in [6.45, 7) is 1.22. The molecule has 1 aliphatic carbocycles. The van der Waals surface area contributed by atoms with Gasteiger partial charge in [-0.15, -0.1) is 0 Å². The molecule has 108 valence electrons. The van der Waals surface area contributed by atoms with Crippen LogP contribution < -0.4 is 0 Å². The molecule has 0 heterocycles. The van der Waals surface area contributed by atoms with E-state index < -0.39 is 0 Å². The first-order chi connectivity index (χ1) is 9.68. The highest BCUT2D eigenvalue weighted by molar-refractivity contribution is 5.98. The molecule has 0 unspecified atom stereocenters. The lowest BCUT2D eigenvalue weighted by molar-refractivity contribution is -0.139. The van der Waals surface area contributed by atoms with E-state index in [2.05, 4.69) is 12.1 Å². The molecule has 1 aromatic carbocycles. The fourth-order valence-corrected chi connectivity index (χ4v) is 2.50. The minimum Gasteiger partial charge on any atom is -0.461 e. The molecule has 1 aromatic rings. The van der Waals surface area contributed by atoms with Crippen molar-refractivity contribution < 1.29 is 9.53 Å².